The molecule has 0 heterocycles. The number of rotatable bonds is 4. The van der Waals surface area contributed by atoms with Gasteiger partial charge in [-0.05, 0) is 13.8 Å². The molecule has 1 rings (SSSR count). The first-order valence-electron chi connectivity index (χ1n) is 3.97. The molecule has 1 aromatic rings. The lowest BCUT2D eigenvalue weighted by atomic mass is 10.2. The summed E-state index contributed by atoms with van der Waals surface area (Å²) in [4.78, 5) is 11.2. The van der Waals surface area contributed by atoms with Crippen molar-refractivity contribution in [3.8, 4) is 0 Å². The fourth-order valence-electron chi connectivity index (χ4n) is 1.05. The Labute approximate surface area is 89.5 Å². The molecule has 0 aliphatic rings. The Kier molecular flexibility index (Phi) is 3.74. The second-order valence-electron chi connectivity index (χ2n) is 2.89. The molecule has 0 radical (unpaired) electrons. The Morgan fingerprint density at radius 1 is 1.33 bits per heavy atom. The van der Waals surface area contributed by atoms with Gasteiger partial charge in [0.25, 0.3) is 10.1 Å². The van der Waals surface area contributed by atoms with Crippen LogP contribution in [0.2, 0.25) is 0 Å². The van der Waals surface area contributed by atoms with Crippen LogP contribution in [0.15, 0.2) is 24.3 Å². The van der Waals surface area contributed by atoms with Crippen molar-refractivity contribution < 1.29 is 17.8 Å². The van der Waals surface area contributed by atoms with Crippen molar-refractivity contribution in [2.24, 2.45) is 0 Å². The lowest BCUT2D eigenvalue weighted by molar-refractivity contribution is 0.108. The quantitative estimate of drug-likeness (QED) is 0.645. The first-order valence-corrected chi connectivity index (χ1v) is 6.66. The van der Waals surface area contributed by atoms with Crippen LogP contribution in [-0.4, -0.2) is 24.8 Å². The summed E-state index contributed by atoms with van der Waals surface area (Å²) in [5, 5.41) is 0. The fourth-order valence-corrected chi connectivity index (χ4v) is 1.99. The standard InChI is InChI=1S/C9H9O4PS/c1-14-9(10)8-4-2-7(3-5-8)6-15(11,12)13/h2-5H,1,6H2,(H,11,12,13). The third-order valence-electron chi connectivity index (χ3n) is 1.69. The van der Waals surface area contributed by atoms with Gasteiger partial charge in [-0.15, -0.1) is 0 Å². The molecule has 15 heavy (non-hydrogen) atoms. The average Bonchev–Trinajstić information content (AvgIpc) is 2.15. The third kappa shape index (κ3) is 3.91. The first-order chi connectivity index (χ1) is 6.92. The van der Waals surface area contributed by atoms with Crippen LogP contribution in [-0.2, 0) is 15.9 Å². The van der Waals surface area contributed by atoms with Gasteiger partial charge in [-0.2, -0.15) is 8.42 Å². The van der Waals surface area contributed by atoms with E-state index in [9.17, 15) is 13.2 Å². The molecular formula is C9H9O4PS. The normalized spacial score (nSPS) is 11.5. The number of hydrogen-bond donors (Lipinski definition) is 1. The summed E-state index contributed by atoms with van der Waals surface area (Å²) >= 11 is 0. The SMILES string of the molecule is C=PC(=O)c1ccc(CS(=O)(=O)O)cc1. The Balaban J connectivity index is 2.91. The molecule has 1 N–H and O–H groups in total. The van der Waals surface area contributed by atoms with Crippen LogP contribution in [0.1, 0.15) is 15.9 Å². The second kappa shape index (κ2) is 4.66. The van der Waals surface area contributed by atoms with Crippen molar-refractivity contribution in [2.75, 3.05) is 0 Å². The monoisotopic (exact) mass is 244 g/mol. The zero-order valence-electron chi connectivity index (χ0n) is 7.75. The molecule has 0 saturated heterocycles. The van der Waals surface area contributed by atoms with E-state index in [1.165, 1.54) is 24.3 Å². The van der Waals surface area contributed by atoms with Crippen LogP contribution in [0, 0.1) is 0 Å². The minimum absolute atomic E-state index is 0.131. The summed E-state index contributed by atoms with van der Waals surface area (Å²) in [6.07, 6.45) is 3.43. The molecule has 0 spiro atoms. The lowest BCUT2D eigenvalue weighted by Crippen LogP contribution is -2.01. The maximum atomic E-state index is 11.2. The van der Waals surface area contributed by atoms with E-state index in [0.717, 1.165) is 0 Å². The molecule has 0 bridgehead atoms. The van der Waals surface area contributed by atoms with Crippen LogP contribution in [0.5, 0.6) is 0 Å². The van der Waals surface area contributed by atoms with Gasteiger partial charge in [0.1, 0.15) is 5.75 Å². The van der Waals surface area contributed by atoms with Crippen molar-refractivity contribution in [1.82, 2.24) is 0 Å². The van der Waals surface area contributed by atoms with E-state index in [4.69, 9.17) is 4.55 Å². The van der Waals surface area contributed by atoms with Crippen LogP contribution in [0.4, 0.5) is 0 Å². The van der Waals surface area contributed by atoms with Crippen molar-refractivity contribution in [3.63, 3.8) is 0 Å². The highest BCUT2D eigenvalue weighted by Gasteiger charge is 2.07. The van der Waals surface area contributed by atoms with Crippen molar-refractivity contribution in [3.05, 3.63) is 35.4 Å². The van der Waals surface area contributed by atoms with Crippen LogP contribution < -0.4 is 0 Å². The number of benzene rings is 1. The predicted octanol–water partition coefficient (Wildman–Crippen LogP) is 1.59. The van der Waals surface area contributed by atoms with E-state index in [1.54, 1.807) is 0 Å². The smallest absolute Gasteiger partial charge is 0.269 e. The minimum atomic E-state index is -4.01. The molecule has 80 valence electrons. The van der Waals surface area contributed by atoms with Crippen molar-refractivity contribution in [2.45, 2.75) is 5.75 Å². The van der Waals surface area contributed by atoms with E-state index in [-0.39, 0.29) is 5.52 Å². The predicted molar refractivity (Wildman–Crippen MR) is 60.1 cm³/mol. The molecule has 0 aliphatic heterocycles. The second-order valence-corrected chi connectivity index (χ2v) is 5.06. The Morgan fingerprint density at radius 2 is 1.87 bits per heavy atom. The molecule has 0 fully saturated rings. The lowest BCUT2D eigenvalue weighted by Gasteiger charge is -1.99. The van der Waals surface area contributed by atoms with Gasteiger partial charge in [0.15, 0.2) is 0 Å². The Bertz CT molecular complexity index is 475. The van der Waals surface area contributed by atoms with Gasteiger partial charge >= 0.3 is 0 Å². The third-order valence-corrected chi connectivity index (χ3v) is 2.94. The topological polar surface area (TPSA) is 71.4 Å². The number of hydrogen-bond acceptors (Lipinski definition) is 3. The van der Waals surface area contributed by atoms with E-state index in [0.29, 0.717) is 19.3 Å². The molecular weight excluding hydrogens is 235 g/mol. The van der Waals surface area contributed by atoms with Crippen LogP contribution in [0.3, 0.4) is 0 Å². The van der Waals surface area contributed by atoms with Gasteiger partial charge in [0.2, 0.25) is 5.52 Å². The zero-order chi connectivity index (χ0) is 11.5. The summed E-state index contributed by atoms with van der Waals surface area (Å²) in [6.45, 7) is 0. The largest absolute Gasteiger partial charge is 0.285 e. The van der Waals surface area contributed by atoms with Gasteiger partial charge in [0.05, 0.1) is 0 Å². The van der Waals surface area contributed by atoms with Gasteiger partial charge < -0.3 is 0 Å². The average molecular weight is 244 g/mol. The summed E-state index contributed by atoms with van der Waals surface area (Å²) in [6, 6.07) is 6.01. The van der Waals surface area contributed by atoms with E-state index >= 15 is 0 Å². The molecule has 0 aliphatic carbocycles. The first kappa shape index (κ1) is 12.0. The molecule has 0 aromatic heterocycles. The molecule has 0 unspecified atom stereocenters. The van der Waals surface area contributed by atoms with Gasteiger partial charge in [0, 0.05) is 5.56 Å². The molecule has 0 amide bonds. The molecule has 4 nitrogen and oxygen atoms in total. The van der Waals surface area contributed by atoms with Gasteiger partial charge in [-0.3, -0.25) is 9.35 Å². The highest BCUT2D eigenvalue weighted by atomic mass is 32.2. The van der Waals surface area contributed by atoms with Crippen molar-refractivity contribution >= 4 is 30.1 Å². The Morgan fingerprint density at radius 3 is 2.27 bits per heavy atom. The van der Waals surface area contributed by atoms with E-state index in [1.807, 2.05) is 0 Å². The fraction of sp³-hybridized carbons (Fsp3) is 0.111. The number of carbonyl (C=O) groups is 1. The van der Waals surface area contributed by atoms with E-state index in [2.05, 4.69) is 6.30 Å². The van der Waals surface area contributed by atoms with Crippen LogP contribution in [0.25, 0.3) is 0 Å². The summed E-state index contributed by atoms with van der Waals surface area (Å²) in [7, 11) is -3.63. The zero-order valence-corrected chi connectivity index (χ0v) is 9.46. The molecule has 1 aromatic carbocycles. The molecule has 0 atom stereocenters. The maximum absolute atomic E-state index is 11.2. The van der Waals surface area contributed by atoms with Crippen LogP contribution >= 0.6 is 8.20 Å². The van der Waals surface area contributed by atoms with E-state index < -0.39 is 15.9 Å². The van der Waals surface area contributed by atoms with Gasteiger partial charge in [-0.25, -0.2) is 0 Å². The minimum Gasteiger partial charge on any atom is -0.285 e. The summed E-state index contributed by atoms with van der Waals surface area (Å²) in [5.41, 5.74) is 0.786. The molecule has 0 saturated carbocycles. The highest BCUT2D eigenvalue weighted by molar-refractivity contribution is 7.85. The summed E-state index contributed by atoms with van der Waals surface area (Å²) < 4.78 is 29.7. The molecule has 6 heteroatoms. The highest BCUT2D eigenvalue weighted by Crippen LogP contribution is 2.12. The Hall–Kier alpha value is -1.03. The van der Waals surface area contributed by atoms with Crippen molar-refractivity contribution in [1.29, 1.82) is 0 Å². The summed E-state index contributed by atoms with van der Waals surface area (Å²) in [5.74, 6) is -0.441. The number of carbonyl (C=O) groups excluding carboxylic acids is 1. The maximum Gasteiger partial charge on any atom is 0.269 e. The van der Waals surface area contributed by atoms with Gasteiger partial charge in [-0.1, -0.05) is 30.6 Å².